The van der Waals surface area contributed by atoms with Gasteiger partial charge in [-0.15, -0.1) is 24.5 Å². The number of carbonyl (C=O) groups excluding carboxylic acids is 1. The van der Waals surface area contributed by atoms with E-state index in [4.69, 9.17) is 0 Å². The Labute approximate surface area is 171 Å². The summed E-state index contributed by atoms with van der Waals surface area (Å²) >= 11 is 4.28. The monoisotopic (exact) mass is 498 g/mol. The van der Waals surface area contributed by atoms with E-state index in [0.29, 0.717) is 16.6 Å². The van der Waals surface area contributed by atoms with Gasteiger partial charge in [0.25, 0.3) is 10.0 Å². The molecule has 2 aromatic rings. The van der Waals surface area contributed by atoms with Gasteiger partial charge in [-0.2, -0.15) is 4.31 Å². The third-order valence-electron chi connectivity index (χ3n) is 3.97. The van der Waals surface area contributed by atoms with Gasteiger partial charge in [0, 0.05) is 12.2 Å². The normalized spacial score (nSPS) is 18.2. The summed E-state index contributed by atoms with van der Waals surface area (Å²) in [5.74, 6) is -0.958. The maximum atomic E-state index is 12.8. The van der Waals surface area contributed by atoms with Crippen molar-refractivity contribution >= 4 is 48.9 Å². The quantitative estimate of drug-likeness (QED) is 0.670. The standard InChI is InChI=1S/C16H14BrF3N2O4S2/c17-13-7-8-14(27-13)28(24,25)22-9-1-2-12(22)15(23)21-10-3-5-11(6-4-10)26-16(18,19)20/h3-8,12H,1-2,9H2,(H,21,23)/t12-/m0/s1. The van der Waals surface area contributed by atoms with Crippen molar-refractivity contribution in [2.24, 2.45) is 0 Å². The molecule has 3 rings (SSSR count). The van der Waals surface area contributed by atoms with E-state index in [1.54, 1.807) is 6.07 Å². The van der Waals surface area contributed by atoms with Gasteiger partial charge in [-0.1, -0.05) is 0 Å². The molecule has 0 unspecified atom stereocenters. The van der Waals surface area contributed by atoms with Crippen molar-refractivity contribution in [2.75, 3.05) is 11.9 Å². The van der Waals surface area contributed by atoms with E-state index >= 15 is 0 Å². The molecule has 0 spiro atoms. The first-order valence-electron chi connectivity index (χ1n) is 8.00. The van der Waals surface area contributed by atoms with E-state index in [0.717, 1.165) is 27.8 Å². The molecule has 0 saturated carbocycles. The number of halogens is 4. The molecule has 1 aromatic heterocycles. The Balaban J connectivity index is 1.71. The van der Waals surface area contributed by atoms with Crippen molar-refractivity contribution in [3.63, 3.8) is 0 Å². The maximum Gasteiger partial charge on any atom is 0.573 e. The minimum atomic E-state index is -4.81. The number of rotatable bonds is 5. The number of ether oxygens (including phenoxy) is 1. The van der Waals surface area contributed by atoms with E-state index in [1.165, 1.54) is 18.2 Å². The summed E-state index contributed by atoms with van der Waals surface area (Å²) in [6.07, 6.45) is -3.92. The molecule has 28 heavy (non-hydrogen) atoms. The number of nitrogens with zero attached hydrogens (tertiary/aromatic N) is 1. The zero-order valence-electron chi connectivity index (χ0n) is 14.1. The number of anilines is 1. The number of alkyl halides is 3. The van der Waals surface area contributed by atoms with Gasteiger partial charge in [0.05, 0.1) is 3.79 Å². The Morgan fingerprint density at radius 2 is 1.89 bits per heavy atom. The summed E-state index contributed by atoms with van der Waals surface area (Å²) in [5.41, 5.74) is 0.239. The van der Waals surface area contributed by atoms with Crippen LogP contribution in [-0.4, -0.2) is 37.6 Å². The number of thiophene rings is 1. The number of sulfonamides is 1. The predicted octanol–water partition coefficient (Wildman–Crippen LogP) is 4.20. The van der Waals surface area contributed by atoms with Crippen LogP contribution in [0.2, 0.25) is 0 Å². The van der Waals surface area contributed by atoms with Gasteiger partial charge in [0.2, 0.25) is 5.91 Å². The van der Waals surface area contributed by atoms with Crippen LogP contribution in [0.1, 0.15) is 12.8 Å². The molecule has 0 bridgehead atoms. The molecular formula is C16H14BrF3N2O4S2. The highest BCUT2D eigenvalue weighted by Crippen LogP contribution is 2.33. The lowest BCUT2D eigenvalue weighted by atomic mass is 10.2. The first-order valence-corrected chi connectivity index (χ1v) is 11.0. The van der Waals surface area contributed by atoms with Crippen molar-refractivity contribution in [1.29, 1.82) is 0 Å². The minimum absolute atomic E-state index is 0.132. The molecule has 1 amide bonds. The molecule has 1 aliphatic heterocycles. The molecule has 2 heterocycles. The minimum Gasteiger partial charge on any atom is -0.406 e. The average Bonchev–Trinajstić information content (AvgIpc) is 3.25. The van der Waals surface area contributed by atoms with Crippen molar-refractivity contribution in [3.05, 3.63) is 40.2 Å². The molecule has 0 radical (unpaired) electrons. The van der Waals surface area contributed by atoms with Crippen LogP contribution in [0, 0.1) is 0 Å². The molecule has 1 aromatic carbocycles. The van der Waals surface area contributed by atoms with Crippen LogP contribution in [0.25, 0.3) is 0 Å². The number of hydrogen-bond donors (Lipinski definition) is 1. The average molecular weight is 499 g/mol. The second-order valence-electron chi connectivity index (χ2n) is 5.89. The maximum absolute atomic E-state index is 12.8. The van der Waals surface area contributed by atoms with Crippen molar-refractivity contribution in [1.82, 2.24) is 4.31 Å². The second-order valence-corrected chi connectivity index (χ2v) is 10.5. The fourth-order valence-electron chi connectivity index (χ4n) is 2.81. The molecule has 1 saturated heterocycles. The van der Waals surface area contributed by atoms with Crippen LogP contribution in [0.4, 0.5) is 18.9 Å². The number of nitrogens with one attached hydrogen (secondary N) is 1. The lowest BCUT2D eigenvalue weighted by Crippen LogP contribution is -2.42. The van der Waals surface area contributed by atoms with Gasteiger partial charge in [0.15, 0.2) is 0 Å². The molecule has 1 atom stereocenters. The van der Waals surface area contributed by atoms with Gasteiger partial charge in [0.1, 0.15) is 16.0 Å². The summed E-state index contributed by atoms with van der Waals surface area (Å²) in [5, 5.41) is 2.54. The summed E-state index contributed by atoms with van der Waals surface area (Å²) in [4.78, 5) is 12.6. The molecule has 6 nitrogen and oxygen atoms in total. The smallest absolute Gasteiger partial charge is 0.406 e. The topological polar surface area (TPSA) is 75.7 Å². The summed E-state index contributed by atoms with van der Waals surface area (Å²) in [6, 6.07) is 6.83. The van der Waals surface area contributed by atoms with Crippen LogP contribution >= 0.6 is 27.3 Å². The van der Waals surface area contributed by atoms with Crippen LogP contribution in [0.5, 0.6) is 5.75 Å². The molecule has 1 N–H and O–H groups in total. The van der Waals surface area contributed by atoms with Gasteiger partial charge in [-0.25, -0.2) is 8.42 Å². The van der Waals surface area contributed by atoms with E-state index in [9.17, 15) is 26.4 Å². The predicted molar refractivity (Wildman–Crippen MR) is 101 cm³/mol. The number of benzene rings is 1. The Morgan fingerprint density at radius 3 is 2.46 bits per heavy atom. The van der Waals surface area contributed by atoms with Crippen LogP contribution < -0.4 is 10.1 Å². The van der Waals surface area contributed by atoms with E-state index in [-0.39, 0.29) is 16.4 Å². The lowest BCUT2D eigenvalue weighted by molar-refractivity contribution is -0.274. The van der Waals surface area contributed by atoms with Gasteiger partial charge in [-0.3, -0.25) is 4.79 Å². The SMILES string of the molecule is O=C(Nc1ccc(OC(F)(F)F)cc1)[C@@H]1CCCN1S(=O)(=O)c1ccc(Br)s1. The van der Waals surface area contributed by atoms with E-state index < -0.39 is 34.1 Å². The first-order chi connectivity index (χ1) is 13.1. The molecular weight excluding hydrogens is 485 g/mol. The van der Waals surface area contributed by atoms with Crippen LogP contribution in [-0.2, 0) is 14.8 Å². The third-order valence-corrected chi connectivity index (χ3v) is 7.97. The number of carbonyl (C=O) groups is 1. The number of amides is 1. The zero-order chi connectivity index (χ0) is 20.5. The molecule has 0 aliphatic carbocycles. The highest BCUT2D eigenvalue weighted by atomic mass is 79.9. The van der Waals surface area contributed by atoms with Crippen molar-refractivity contribution in [2.45, 2.75) is 29.5 Å². The van der Waals surface area contributed by atoms with Gasteiger partial charge in [-0.05, 0) is 65.2 Å². The fraction of sp³-hybridized carbons (Fsp3) is 0.312. The highest BCUT2D eigenvalue weighted by Gasteiger charge is 2.40. The van der Waals surface area contributed by atoms with Gasteiger partial charge >= 0.3 is 6.36 Å². The number of hydrogen-bond acceptors (Lipinski definition) is 5. The van der Waals surface area contributed by atoms with E-state index in [1.807, 2.05) is 0 Å². The van der Waals surface area contributed by atoms with Crippen LogP contribution in [0.3, 0.4) is 0 Å². The summed E-state index contributed by atoms with van der Waals surface area (Å²) in [6.45, 7) is 0.217. The zero-order valence-corrected chi connectivity index (χ0v) is 17.3. The highest BCUT2D eigenvalue weighted by molar-refractivity contribution is 9.11. The molecule has 152 valence electrons. The molecule has 1 aliphatic rings. The van der Waals surface area contributed by atoms with Crippen LogP contribution in [0.15, 0.2) is 44.4 Å². The lowest BCUT2D eigenvalue weighted by Gasteiger charge is -2.22. The fourth-order valence-corrected chi connectivity index (χ4v) is 6.60. The molecule has 1 fully saturated rings. The Hall–Kier alpha value is -1.63. The Morgan fingerprint density at radius 1 is 1.21 bits per heavy atom. The van der Waals surface area contributed by atoms with Gasteiger partial charge < -0.3 is 10.1 Å². The largest absolute Gasteiger partial charge is 0.573 e. The molecule has 12 heteroatoms. The first kappa shape index (κ1) is 21.1. The summed E-state index contributed by atoms with van der Waals surface area (Å²) in [7, 11) is -3.82. The van der Waals surface area contributed by atoms with E-state index in [2.05, 4.69) is 26.0 Å². The van der Waals surface area contributed by atoms with Crippen molar-refractivity contribution in [3.8, 4) is 5.75 Å². The summed E-state index contributed by atoms with van der Waals surface area (Å²) < 4.78 is 67.9. The second kappa shape index (κ2) is 8.01. The van der Waals surface area contributed by atoms with Crippen molar-refractivity contribution < 1.29 is 31.1 Å². The third kappa shape index (κ3) is 4.85. The Bertz CT molecular complexity index is 961. The Kier molecular flexibility index (Phi) is 6.03.